The lowest BCUT2D eigenvalue weighted by Gasteiger charge is -2.02. The van der Waals surface area contributed by atoms with Gasteiger partial charge in [0.05, 0.1) is 9.98 Å². The maximum atomic E-state index is 13.3. The Balaban J connectivity index is 2.10. The van der Waals surface area contributed by atoms with E-state index >= 15 is 0 Å². The summed E-state index contributed by atoms with van der Waals surface area (Å²) in [5.41, 5.74) is 0.0961. The van der Waals surface area contributed by atoms with Gasteiger partial charge in [0.15, 0.2) is 4.34 Å². The molecule has 1 heterocycles. The van der Waals surface area contributed by atoms with E-state index in [4.69, 9.17) is 0 Å². The van der Waals surface area contributed by atoms with E-state index < -0.39 is 11.6 Å². The topological polar surface area (TPSA) is 12.9 Å². The fourth-order valence-corrected chi connectivity index (χ4v) is 3.72. The third-order valence-corrected chi connectivity index (χ3v) is 4.52. The van der Waals surface area contributed by atoms with E-state index in [1.807, 2.05) is 0 Å². The molecule has 0 spiro atoms. The molecule has 0 fully saturated rings. The third kappa shape index (κ3) is 2.81. The van der Waals surface area contributed by atoms with Crippen molar-refractivity contribution >= 4 is 39.0 Å². The summed E-state index contributed by atoms with van der Waals surface area (Å²) < 4.78 is 28.3. The molecule has 2 aromatic rings. The normalized spacial score (nSPS) is 10.7. The summed E-state index contributed by atoms with van der Waals surface area (Å²) in [5, 5.41) is 0. The van der Waals surface area contributed by atoms with Gasteiger partial charge in [0.2, 0.25) is 0 Å². The number of benzene rings is 1. The van der Waals surface area contributed by atoms with Gasteiger partial charge in [-0.15, -0.1) is 11.3 Å². The van der Waals surface area contributed by atoms with Crippen molar-refractivity contribution in [3.8, 4) is 0 Å². The van der Waals surface area contributed by atoms with Gasteiger partial charge in [-0.2, -0.15) is 0 Å². The number of thiazole rings is 1. The first-order chi connectivity index (χ1) is 7.66. The van der Waals surface area contributed by atoms with Crippen molar-refractivity contribution in [3.05, 3.63) is 45.4 Å². The van der Waals surface area contributed by atoms with Crippen LogP contribution in [0.25, 0.3) is 0 Å². The van der Waals surface area contributed by atoms with Crippen LogP contribution in [0.1, 0.15) is 5.56 Å². The smallest absolute Gasteiger partial charge is 0.151 e. The number of hydrogen-bond acceptors (Lipinski definition) is 3. The van der Waals surface area contributed by atoms with Crippen LogP contribution in [0.3, 0.4) is 0 Å². The fourth-order valence-electron chi connectivity index (χ4n) is 1.11. The molecule has 1 nitrogen and oxygen atoms in total. The van der Waals surface area contributed by atoms with Crippen LogP contribution in [0.2, 0.25) is 0 Å². The zero-order chi connectivity index (χ0) is 11.5. The number of halogens is 3. The van der Waals surface area contributed by atoms with E-state index in [1.165, 1.54) is 41.3 Å². The molecule has 6 heteroatoms. The molecule has 0 amide bonds. The summed E-state index contributed by atoms with van der Waals surface area (Å²) in [7, 11) is 0. The molecule has 0 aliphatic rings. The van der Waals surface area contributed by atoms with Crippen LogP contribution in [-0.4, -0.2) is 4.98 Å². The van der Waals surface area contributed by atoms with E-state index in [1.54, 1.807) is 6.20 Å². The lowest BCUT2D eigenvalue weighted by atomic mass is 10.2. The maximum Gasteiger partial charge on any atom is 0.151 e. The highest BCUT2D eigenvalue weighted by atomic mass is 79.9. The van der Waals surface area contributed by atoms with Crippen molar-refractivity contribution in [2.75, 3.05) is 0 Å². The van der Waals surface area contributed by atoms with Crippen molar-refractivity contribution in [2.45, 2.75) is 10.1 Å². The highest BCUT2D eigenvalue weighted by Gasteiger charge is 2.09. The van der Waals surface area contributed by atoms with Gasteiger partial charge in [0.1, 0.15) is 11.6 Å². The Hall–Kier alpha value is -0.460. The average Bonchev–Trinajstić information content (AvgIpc) is 2.63. The summed E-state index contributed by atoms with van der Waals surface area (Å²) >= 11 is 6.04. The molecular weight excluding hydrogens is 316 g/mol. The van der Waals surface area contributed by atoms with Crippen molar-refractivity contribution in [1.82, 2.24) is 4.98 Å². The highest BCUT2D eigenvalue weighted by Crippen LogP contribution is 2.31. The molecule has 0 N–H and O–H groups in total. The summed E-state index contributed by atoms with van der Waals surface area (Å²) in [6.45, 7) is 0. The number of aromatic nitrogens is 1. The first kappa shape index (κ1) is 12.0. The number of rotatable bonds is 3. The van der Waals surface area contributed by atoms with E-state index in [2.05, 4.69) is 20.9 Å². The summed E-state index contributed by atoms with van der Waals surface area (Å²) in [6.07, 6.45) is 1.67. The molecular formula is C10H6BrF2NS2. The van der Waals surface area contributed by atoms with Crippen LogP contribution in [0, 0.1) is 11.6 Å². The molecule has 0 aliphatic heterocycles. The molecule has 0 unspecified atom stereocenters. The predicted octanol–water partition coefficient (Wildman–Crippen LogP) is 4.48. The number of nitrogens with zero attached hydrogens (tertiary/aromatic N) is 1. The number of hydrogen-bond donors (Lipinski definition) is 0. The van der Waals surface area contributed by atoms with Gasteiger partial charge in [-0.05, 0) is 28.1 Å². The first-order valence-corrected chi connectivity index (χ1v) is 6.93. The lowest BCUT2D eigenvalue weighted by Crippen LogP contribution is -1.92. The number of thioether (sulfide) groups is 1. The lowest BCUT2D eigenvalue weighted by molar-refractivity contribution is 0.566. The molecule has 1 aromatic carbocycles. The highest BCUT2D eigenvalue weighted by molar-refractivity contribution is 9.11. The standard InChI is InChI=1S/C10H6BrF2NS2/c11-9-4-14-10(16-9)15-5-6-7(12)2-1-3-8(6)13/h1-4H,5H2. The Labute approximate surface area is 108 Å². The van der Waals surface area contributed by atoms with Crippen LogP contribution >= 0.6 is 39.0 Å². The van der Waals surface area contributed by atoms with Crippen LogP contribution in [0.15, 0.2) is 32.5 Å². The summed E-state index contributed by atoms with van der Waals surface area (Å²) in [5.74, 6) is -0.774. The molecule has 0 aliphatic carbocycles. The molecule has 16 heavy (non-hydrogen) atoms. The zero-order valence-corrected chi connectivity index (χ0v) is 11.1. The van der Waals surface area contributed by atoms with Gasteiger partial charge < -0.3 is 0 Å². The fraction of sp³-hybridized carbons (Fsp3) is 0.100. The Morgan fingerprint density at radius 1 is 1.31 bits per heavy atom. The van der Waals surface area contributed by atoms with E-state index in [0.29, 0.717) is 0 Å². The van der Waals surface area contributed by atoms with Gasteiger partial charge in [-0.3, -0.25) is 0 Å². The summed E-state index contributed by atoms with van der Waals surface area (Å²) in [6, 6.07) is 3.88. The average molecular weight is 322 g/mol. The molecule has 2 rings (SSSR count). The van der Waals surface area contributed by atoms with Gasteiger partial charge in [0, 0.05) is 11.3 Å². The second-order valence-corrected chi connectivity index (χ2v) is 6.55. The minimum atomic E-state index is -0.511. The molecule has 84 valence electrons. The predicted molar refractivity (Wildman–Crippen MR) is 65.7 cm³/mol. The van der Waals surface area contributed by atoms with Gasteiger partial charge >= 0.3 is 0 Å². The molecule has 0 saturated heterocycles. The van der Waals surface area contributed by atoms with E-state index in [9.17, 15) is 8.78 Å². The Bertz CT molecular complexity index is 481. The van der Waals surface area contributed by atoms with Crippen molar-refractivity contribution in [3.63, 3.8) is 0 Å². The van der Waals surface area contributed by atoms with Gasteiger partial charge in [-0.25, -0.2) is 13.8 Å². The Morgan fingerprint density at radius 2 is 2.00 bits per heavy atom. The van der Waals surface area contributed by atoms with Crippen LogP contribution < -0.4 is 0 Å². The zero-order valence-electron chi connectivity index (χ0n) is 7.91. The SMILES string of the molecule is Fc1cccc(F)c1CSc1ncc(Br)s1. The minimum Gasteiger partial charge on any atom is -0.237 e. The summed E-state index contributed by atoms with van der Waals surface area (Å²) in [4.78, 5) is 4.08. The first-order valence-electron chi connectivity index (χ1n) is 4.34. The molecule has 0 radical (unpaired) electrons. The quantitative estimate of drug-likeness (QED) is 0.773. The molecule has 0 saturated carbocycles. The van der Waals surface area contributed by atoms with Gasteiger partial charge in [0.25, 0.3) is 0 Å². The minimum absolute atomic E-state index is 0.0961. The van der Waals surface area contributed by atoms with Crippen molar-refractivity contribution in [2.24, 2.45) is 0 Å². The second-order valence-electron chi connectivity index (χ2n) is 2.92. The van der Waals surface area contributed by atoms with Gasteiger partial charge in [-0.1, -0.05) is 17.8 Å². The Kier molecular flexibility index (Phi) is 3.94. The van der Waals surface area contributed by atoms with Crippen molar-refractivity contribution < 1.29 is 8.78 Å². The van der Waals surface area contributed by atoms with Crippen LogP contribution in [0.5, 0.6) is 0 Å². The monoisotopic (exact) mass is 321 g/mol. The largest absolute Gasteiger partial charge is 0.237 e. The molecule has 0 bridgehead atoms. The van der Waals surface area contributed by atoms with Crippen molar-refractivity contribution in [1.29, 1.82) is 0 Å². The third-order valence-electron chi connectivity index (χ3n) is 1.86. The maximum absolute atomic E-state index is 13.3. The van der Waals surface area contributed by atoms with E-state index in [-0.39, 0.29) is 11.3 Å². The van der Waals surface area contributed by atoms with Crippen LogP contribution in [-0.2, 0) is 5.75 Å². The second kappa shape index (κ2) is 5.25. The Morgan fingerprint density at radius 3 is 2.56 bits per heavy atom. The molecule has 1 aromatic heterocycles. The van der Waals surface area contributed by atoms with Crippen LogP contribution in [0.4, 0.5) is 8.78 Å². The molecule has 0 atom stereocenters. The van der Waals surface area contributed by atoms with E-state index in [0.717, 1.165) is 8.13 Å².